The molecule has 0 aliphatic heterocycles. The number of benzene rings is 1. The van der Waals surface area contributed by atoms with Crippen molar-refractivity contribution < 1.29 is 13.2 Å². The minimum absolute atomic E-state index is 0.0461. The molecule has 2 N–H and O–H groups in total. The number of carbonyl (C=O) groups is 1. The summed E-state index contributed by atoms with van der Waals surface area (Å²) in [5.41, 5.74) is 1.72. The van der Waals surface area contributed by atoms with Crippen LogP contribution in [0.25, 0.3) is 0 Å². The molecule has 1 aromatic carbocycles. The fraction of sp³-hybridized carbons (Fsp3) is 0.357. The monoisotopic (exact) mass is 296 g/mol. The molecule has 0 unspecified atom stereocenters. The number of rotatable bonds is 7. The van der Waals surface area contributed by atoms with Crippen LogP contribution < -0.4 is 10.0 Å². The molecule has 0 bridgehead atoms. The number of ketones is 1. The lowest BCUT2D eigenvalue weighted by atomic mass is 10.2. The minimum Gasteiger partial charge on any atom is -0.387 e. The Morgan fingerprint density at radius 3 is 2.30 bits per heavy atom. The number of hydrogen-bond acceptors (Lipinski definition) is 4. The maximum atomic E-state index is 12.0. The van der Waals surface area contributed by atoms with Gasteiger partial charge < -0.3 is 5.32 Å². The van der Waals surface area contributed by atoms with E-state index in [-0.39, 0.29) is 17.2 Å². The molecule has 0 saturated heterocycles. The van der Waals surface area contributed by atoms with Gasteiger partial charge in [0, 0.05) is 18.8 Å². The van der Waals surface area contributed by atoms with Gasteiger partial charge in [-0.3, -0.25) is 4.79 Å². The quantitative estimate of drug-likeness (QED) is 0.588. The minimum atomic E-state index is -3.47. The highest BCUT2D eigenvalue weighted by molar-refractivity contribution is 7.89. The summed E-state index contributed by atoms with van der Waals surface area (Å²) in [4.78, 5) is 11.1. The summed E-state index contributed by atoms with van der Waals surface area (Å²) in [5.74, 6) is -0.0461. The van der Waals surface area contributed by atoms with Crippen LogP contribution in [0.1, 0.15) is 19.4 Å². The van der Waals surface area contributed by atoms with Gasteiger partial charge >= 0.3 is 0 Å². The molecule has 0 aromatic heterocycles. The molecule has 0 radical (unpaired) electrons. The average molecular weight is 296 g/mol. The van der Waals surface area contributed by atoms with Crippen LogP contribution in [-0.4, -0.2) is 27.3 Å². The Labute approximate surface area is 120 Å². The lowest BCUT2D eigenvalue weighted by Gasteiger charge is -2.09. The van der Waals surface area contributed by atoms with Crippen LogP contribution in [0.4, 0.5) is 0 Å². The smallest absolute Gasteiger partial charge is 0.240 e. The molecule has 1 aromatic rings. The van der Waals surface area contributed by atoms with Gasteiger partial charge in [-0.25, -0.2) is 13.1 Å². The second kappa shape index (κ2) is 7.21. The van der Waals surface area contributed by atoms with E-state index in [2.05, 4.69) is 10.0 Å². The number of hydrogen-bond donors (Lipinski definition) is 2. The molecule has 0 atom stereocenters. The molecule has 0 spiro atoms. The van der Waals surface area contributed by atoms with Crippen molar-refractivity contribution in [2.45, 2.75) is 25.7 Å². The first-order valence-corrected chi connectivity index (χ1v) is 7.78. The van der Waals surface area contributed by atoms with E-state index in [4.69, 9.17) is 0 Å². The molecule has 0 fully saturated rings. The molecular weight excluding hydrogens is 276 g/mol. The first kappa shape index (κ1) is 16.4. The Balaban J connectivity index is 2.49. The average Bonchev–Trinajstić information content (AvgIpc) is 2.34. The first-order chi connectivity index (χ1) is 9.31. The van der Waals surface area contributed by atoms with Gasteiger partial charge in [0.2, 0.25) is 10.0 Å². The predicted octanol–water partition coefficient (Wildman–Crippen LogP) is 1.36. The zero-order valence-electron chi connectivity index (χ0n) is 11.9. The number of allylic oxidation sites excluding steroid dienone is 2. The lowest BCUT2D eigenvalue weighted by molar-refractivity contribution is -0.112. The normalized spacial score (nSPS) is 12.2. The van der Waals surface area contributed by atoms with E-state index >= 15 is 0 Å². The maximum absolute atomic E-state index is 12.0. The largest absolute Gasteiger partial charge is 0.387 e. The standard InChI is InChI=1S/C14H20N2O3S/c1-11-4-6-14(7-5-11)20(18,19)16-9-8-15-12(2)10-13(3)17/h4-7,10,15-16H,8-9H2,1-3H3/b12-10+. The van der Waals surface area contributed by atoms with Crippen LogP contribution in [0.15, 0.2) is 40.9 Å². The number of carbonyl (C=O) groups excluding carboxylic acids is 1. The third-order valence-corrected chi connectivity index (χ3v) is 4.05. The van der Waals surface area contributed by atoms with Crippen molar-refractivity contribution in [2.75, 3.05) is 13.1 Å². The molecule has 0 aliphatic carbocycles. The van der Waals surface area contributed by atoms with Gasteiger partial charge in [-0.05, 0) is 39.0 Å². The molecular formula is C14H20N2O3S. The third-order valence-electron chi connectivity index (χ3n) is 2.57. The van der Waals surface area contributed by atoms with Crippen molar-refractivity contribution in [3.63, 3.8) is 0 Å². The molecule has 5 nitrogen and oxygen atoms in total. The third kappa shape index (κ3) is 5.54. The van der Waals surface area contributed by atoms with Gasteiger partial charge in [-0.1, -0.05) is 17.7 Å². The van der Waals surface area contributed by atoms with Gasteiger partial charge in [-0.2, -0.15) is 0 Å². The summed E-state index contributed by atoms with van der Waals surface area (Å²) in [6.45, 7) is 5.79. The molecule has 20 heavy (non-hydrogen) atoms. The summed E-state index contributed by atoms with van der Waals surface area (Å²) in [5, 5.41) is 2.96. The summed E-state index contributed by atoms with van der Waals surface area (Å²) in [6, 6.07) is 6.66. The van der Waals surface area contributed by atoms with Gasteiger partial charge in [0.15, 0.2) is 5.78 Å². The zero-order chi connectivity index (χ0) is 15.2. The number of nitrogens with one attached hydrogen (secondary N) is 2. The van der Waals surface area contributed by atoms with E-state index in [1.165, 1.54) is 13.0 Å². The molecule has 1 rings (SSSR count). The highest BCUT2D eigenvalue weighted by Crippen LogP contribution is 2.09. The molecule has 0 amide bonds. The molecule has 0 saturated carbocycles. The van der Waals surface area contributed by atoms with Gasteiger partial charge in [0.05, 0.1) is 4.90 Å². The van der Waals surface area contributed by atoms with E-state index in [0.717, 1.165) is 5.56 Å². The Morgan fingerprint density at radius 1 is 1.15 bits per heavy atom. The van der Waals surface area contributed by atoms with Gasteiger partial charge in [0.25, 0.3) is 0 Å². The predicted molar refractivity (Wildman–Crippen MR) is 78.8 cm³/mol. The van der Waals surface area contributed by atoms with Crippen molar-refractivity contribution in [1.29, 1.82) is 0 Å². The van der Waals surface area contributed by atoms with Crippen LogP contribution >= 0.6 is 0 Å². The number of sulfonamides is 1. The topological polar surface area (TPSA) is 75.3 Å². The van der Waals surface area contributed by atoms with E-state index in [1.54, 1.807) is 31.2 Å². The maximum Gasteiger partial charge on any atom is 0.240 e. The highest BCUT2D eigenvalue weighted by atomic mass is 32.2. The van der Waals surface area contributed by atoms with Crippen molar-refractivity contribution in [3.8, 4) is 0 Å². The van der Waals surface area contributed by atoms with Crippen LogP contribution in [0.3, 0.4) is 0 Å². The van der Waals surface area contributed by atoms with Crippen molar-refractivity contribution in [2.24, 2.45) is 0 Å². The second-order valence-electron chi connectivity index (χ2n) is 4.58. The molecule has 6 heteroatoms. The van der Waals surface area contributed by atoms with Crippen molar-refractivity contribution in [1.82, 2.24) is 10.0 Å². The summed E-state index contributed by atoms with van der Waals surface area (Å²) in [6.07, 6.45) is 1.47. The van der Waals surface area contributed by atoms with Crippen LogP contribution in [-0.2, 0) is 14.8 Å². The van der Waals surface area contributed by atoms with Crippen LogP contribution in [0.2, 0.25) is 0 Å². The van der Waals surface area contributed by atoms with Crippen LogP contribution in [0, 0.1) is 6.92 Å². The summed E-state index contributed by atoms with van der Waals surface area (Å²) < 4.78 is 26.4. The van der Waals surface area contributed by atoms with Gasteiger partial charge in [0.1, 0.15) is 0 Å². The fourth-order valence-corrected chi connectivity index (χ4v) is 2.63. The lowest BCUT2D eigenvalue weighted by Crippen LogP contribution is -2.31. The Morgan fingerprint density at radius 2 is 1.75 bits per heavy atom. The van der Waals surface area contributed by atoms with Gasteiger partial charge in [-0.15, -0.1) is 0 Å². The Kier molecular flexibility index (Phi) is 5.91. The second-order valence-corrected chi connectivity index (χ2v) is 6.34. The SMILES string of the molecule is CC(=O)/C=C(\C)NCCNS(=O)(=O)c1ccc(C)cc1. The molecule has 0 aliphatic rings. The van der Waals surface area contributed by atoms with E-state index in [9.17, 15) is 13.2 Å². The Bertz CT molecular complexity index is 589. The Hall–Kier alpha value is -1.66. The zero-order valence-corrected chi connectivity index (χ0v) is 12.8. The highest BCUT2D eigenvalue weighted by Gasteiger charge is 2.12. The fourth-order valence-electron chi connectivity index (χ4n) is 1.60. The molecule has 110 valence electrons. The van der Waals surface area contributed by atoms with Crippen LogP contribution in [0.5, 0.6) is 0 Å². The molecule has 0 heterocycles. The van der Waals surface area contributed by atoms with E-state index in [1.807, 2.05) is 6.92 Å². The first-order valence-electron chi connectivity index (χ1n) is 6.30. The van der Waals surface area contributed by atoms with E-state index < -0.39 is 10.0 Å². The summed E-state index contributed by atoms with van der Waals surface area (Å²) in [7, 11) is -3.47. The van der Waals surface area contributed by atoms with Crippen molar-refractivity contribution >= 4 is 15.8 Å². The summed E-state index contributed by atoms with van der Waals surface area (Å²) >= 11 is 0. The van der Waals surface area contributed by atoms with Crippen molar-refractivity contribution in [3.05, 3.63) is 41.6 Å². The van der Waals surface area contributed by atoms with E-state index in [0.29, 0.717) is 12.2 Å². The number of aryl methyl sites for hydroxylation is 1.